The Hall–Kier alpha value is -1.63. The highest BCUT2D eigenvalue weighted by Crippen LogP contribution is 2.45. The van der Waals surface area contributed by atoms with Crippen LogP contribution in [-0.4, -0.2) is 50.1 Å². The van der Waals surface area contributed by atoms with Crippen LogP contribution in [0.2, 0.25) is 0 Å². The fourth-order valence-electron chi connectivity index (χ4n) is 3.06. The Balaban J connectivity index is 1.61. The topological polar surface area (TPSA) is 41.6 Å². The smallest absolute Gasteiger partial charge is 0.251 e. The highest BCUT2D eigenvalue weighted by atomic mass is 32.2. The lowest BCUT2D eigenvalue weighted by molar-refractivity contribution is 0.0942. The molecule has 1 unspecified atom stereocenters. The normalized spacial score (nSPS) is 15.7. The lowest BCUT2D eigenvalue weighted by Crippen LogP contribution is -2.34. The average Bonchev–Trinajstić information content (AvgIpc) is 3.23. The van der Waals surface area contributed by atoms with Crippen LogP contribution in [0.25, 0.3) is 0 Å². The zero-order chi connectivity index (χ0) is 19.2. The number of amides is 1. The van der Waals surface area contributed by atoms with Gasteiger partial charge in [0.25, 0.3) is 5.91 Å². The third-order valence-electron chi connectivity index (χ3n) is 4.65. The first kappa shape index (κ1) is 20.1. The van der Waals surface area contributed by atoms with Crippen molar-refractivity contribution in [3.8, 4) is 5.75 Å². The van der Waals surface area contributed by atoms with Gasteiger partial charge in [-0.15, -0.1) is 23.5 Å². The summed E-state index contributed by atoms with van der Waals surface area (Å²) in [6.07, 6.45) is 0. The number of hydrogen-bond donors (Lipinski definition) is 1. The number of benzene rings is 2. The van der Waals surface area contributed by atoms with Crippen molar-refractivity contribution in [2.24, 2.45) is 0 Å². The lowest BCUT2D eigenvalue weighted by atomic mass is 10.1. The minimum absolute atomic E-state index is 0.0337. The highest BCUT2D eigenvalue weighted by Gasteiger charge is 2.19. The number of nitrogens with zero attached hydrogens (tertiary/aromatic N) is 1. The number of methoxy groups -OCH3 is 1. The molecule has 1 aliphatic heterocycles. The van der Waals surface area contributed by atoms with Crippen LogP contribution in [0.1, 0.15) is 32.1 Å². The van der Waals surface area contributed by atoms with Crippen LogP contribution in [0.4, 0.5) is 0 Å². The number of nitrogens with one attached hydrogen (secondary N) is 1. The summed E-state index contributed by atoms with van der Waals surface area (Å²) >= 11 is 3.95. The Bertz CT molecular complexity index is 742. The van der Waals surface area contributed by atoms with Crippen molar-refractivity contribution >= 4 is 29.4 Å². The van der Waals surface area contributed by atoms with Gasteiger partial charge in [0.15, 0.2) is 0 Å². The number of carbonyl (C=O) groups excluding carboxylic acids is 1. The summed E-state index contributed by atoms with van der Waals surface area (Å²) in [7, 11) is 5.70. The minimum Gasteiger partial charge on any atom is -0.497 e. The number of carbonyl (C=O) groups is 1. The van der Waals surface area contributed by atoms with E-state index in [4.69, 9.17) is 4.74 Å². The molecule has 1 aliphatic rings. The molecule has 0 saturated carbocycles. The molecule has 0 bridgehead atoms. The zero-order valence-corrected chi connectivity index (χ0v) is 17.6. The van der Waals surface area contributed by atoms with Gasteiger partial charge >= 0.3 is 0 Å². The summed E-state index contributed by atoms with van der Waals surface area (Å²) in [4.78, 5) is 14.7. The molecule has 2 aromatic rings. The quantitative estimate of drug-likeness (QED) is 0.751. The van der Waals surface area contributed by atoms with Gasteiger partial charge in [0.2, 0.25) is 0 Å². The van der Waals surface area contributed by atoms with Crippen molar-refractivity contribution in [1.29, 1.82) is 0 Å². The fourth-order valence-corrected chi connectivity index (χ4v) is 5.92. The van der Waals surface area contributed by atoms with Crippen LogP contribution >= 0.6 is 23.5 Å². The van der Waals surface area contributed by atoms with E-state index in [1.54, 1.807) is 7.11 Å². The lowest BCUT2D eigenvalue weighted by Gasteiger charge is -2.25. The van der Waals surface area contributed by atoms with Gasteiger partial charge in [0.1, 0.15) is 5.75 Å². The molecule has 3 rings (SSSR count). The van der Waals surface area contributed by atoms with Crippen molar-refractivity contribution in [1.82, 2.24) is 10.2 Å². The molecule has 0 spiro atoms. The first-order chi connectivity index (χ1) is 13.1. The number of rotatable bonds is 7. The maximum absolute atomic E-state index is 12.6. The zero-order valence-electron chi connectivity index (χ0n) is 16.0. The van der Waals surface area contributed by atoms with Crippen LogP contribution in [0, 0.1) is 0 Å². The summed E-state index contributed by atoms with van der Waals surface area (Å²) in [5.41, 5.74) is 3.15. The second kappa shape index (κ2) is 9.53. The summed E-state index contributed by atoms with van der Waals surface area (Å²) in [6, 6.07) is 16.1. The van der Waals surface area contributed by atoms with E-state index in [2.05, 4.69) is 22.3 Å². The predicted octanol–water partition coefficient (Wildman–Crippen LogP) is 4.21. The number of ether oxygens (including phenoxy) is 1. The molecular formula is C21H26N2O2S2. The van der Waals surface area contributed by atoms with E-state index in [9.17, 15) is 4.79 Å². The third kappa shape index (κ3) is 5.21. The van der Waals surface area contributed by atoms with Crippen molar-refractivity contribution in [3.63, 3.8) is 0 Å². The molecule has 1 fully saturated rings. The van der Waals surface area contributed by atoms with Gasteiger partial charge in [-0.05, 0) is 49.5 Å². The van der Waals surface area contributed by atoms with Gasteiger partial charge in [0, 0.05) is 23.6 Å². The first-order valence-corrected chi connectivity index (χ1v) is 11.1. The van der Waals surface area contributed by atoms with Gasteiger partial charge in [-0.25, -0.2) is 0 Å². The van der Waals surface area contributed by atoms with E-state index in [1.165, 1.54) is 17.1 Å². The standard InChI is InChI=1S/C21H26N2O2S2/c1-23(2)19(15-8-10-18(25-3)11-9-15)14-22-20(24)16-4-6-17(7-5-16)21-26-12-13-27-21/h4-11,19,21H,12-14H2,1-3H3,(H,22,24). The fraction of sp³-hybridized carbons (Fsp3) is 0.381. The van der Waals surface area contributed by atoms with Gasteiger partial charge in [0.05, 0.1) is 17.7 Å². The van der Waals surface area contributed by atoms with E-state index in [0.29, 0.717) is 16.7 Å². The number of thioether (sulfide) groups is 2. The number of likely N-dealkylation sites (N-methyl/N-ethyl adjacent to an activating group) is 1. The summed E-state index contributed by atoms with van der Waals surface area (Å²) in [5.74, 6) is 3.21. The molecule has 0 aromatic heterocycles. The second-order valence-corrected chi connectivity index (χ2v) is 9.38. The second-order valence-electron chi connectivity index (χ2n) is 6.66. The molecule has 27 heavy (non-hydrogen) atoms. The van der Waals surface area contributed by atoms with E-state index in [1.807, 2.05) is 74.0 Å². The van der Waals surface area contributed by atoms with Crippen LogP contribution in [0.15, 0.2) is 48.5 Å². The van der Waals surface area contributed by atoms with Crippen LogP contribution in [0.3, 0.4) is 0 Å². The number of hydrogen-bond acceptors (Lipinski definition) is 5. The van der Waals surface area contributed by atoms with Crippen molar-refractivity contribution in [2.45, 2.75) is 10.6 Å². The van der Waals surface area contributed by atoms with Crippen LogP contribution < -0.4 is 10.1 Å². The van der Waals surface area contributed by atoms with E-state index < -0.39 is 0 Å². The molecular weight excluding hydrogens is 376 g/mol. The molecule has 1 saturated heterocycles. The summed E-state index contributed by atoms with van der Waals surface area (Å²) in [6.45, 7) is 0.550. The molecule has 144 valence electrons. The molecule has 1 amide bonds. The largest absolute Gasteiger partial charge is 0.497 e. The summed E-state index contributed by atoms with van der Waals surface area (Å²) < 4.78 is 5.74. The Morgan fingerprint density at radius 2 is 1.74 bits per heavy atom. The Morgan fingerprint density at radius 3 is 2.30 bits per heavy atom. The maximum atomic E-state index is 12.6. The molecule has 1 atom stereocenters. The maximum Gasteiger partial charge on any atom is 0.251 e. The van der Waals surface area contributed by atoms with Gasteiger partial charge in [-0.2, -0.15) is 0 Å². The van der Waals surface area contributed by atoms with Crippen molar-refractivity contribution in [3.05, 3.63) is 65.2 Å². The minimum atomic E-state index is -0.0337. The van der Waals surface area contributed by atoms with E-state index in [-0.39, 0.29) is 11.9 Å². The van der Waals surface area contributed by atoms with E-state index >= 15 is 0 Å². The molecule has 0 radical (unpaired) electrons. The Morgan fingerprint density at radius 1 is 1.11 bits per heavy atom. The van der Waals surface area contributed by atoms with Gasteiger partial charge in [-0.1, -0.05) is 24.3 Å². The van der Waals surface area contributed by atoms with Gasteiger partial charge < -0.3 is 15.0 Å². The Labute approximate surface area is 170 Å². The molecule has 4 nitrogen and oxygen atoms in total. The monoisotopic (exact) mass is 402 g/mol. The molecule has 0 aliphatic carbocycles. The SMILES string of the molecule is COc1ccc(C(CNC(=O)c2ccc(C3SCCS3)cc2)N(C)C)cc1. The molecule has 2 aromatic carbocycles. The summed E-state index contributed by atoms with van der Waals surface area (Å²) in [5, 5.41) is 3.07. The Kier molecular flexibility index (Phi) is 7.10. The average molecular weight is 403 g/mol. The van der Waals surface area contributed by atoms with Crippen molar-refractivity contribution < 1.29 is 9.53 Å². The third-order valence-corrected chi connectivity index (χ3v) is 7.75. The predicted molar refractivity (Wildman–Crippen MR) is 116 cm³/mol. The van der Waals surface area contributed by atoms with Gasteiger partial charge in [-0.3, -0.25) is 4.79 Å². The molecule has 6 heteroatoms. The highest BCUT2D eigenvalue weighted by molar-refractivity contribution is 8.19. The molecule has 1 heterocycles. The van der Waals surface area contributed by atoms with Crippen LogP contribution in [-0.2, 0) is 0 Å². The van der Waals surface area contributed by atoms with E-state index in [0.717, 1.165) is 11.3 Å². The first-order valence-electron chi connectivity index (χ1n) is 9.00. The van der Waals surface area contributed by atoms with Crippen molar-refractivity contribution in [2.75, 3.05) is 39.3 Å². The van der Waals surface area contributed by atoms with Crippen LogP contribution in [0.5, 0.6) is 5.75 Å². The molecule has 1 N–H and O–H groups in total.